The molecule has 0 spiro atoms. The molecule has 0 saturated carbocycles. The lowest BCUT2D eigenvalue weighted by atomic mass is 10.1. The highest BCUT2D eigenvalue weighted by molar-refractivity contribution is 6.31. The third-order valence-corrected chi connectivity index (χ3v) is 4.35. The zero-order chi connectivity index (χ0) is 16.2. The van der Waals surface area contributed by atoms with Gasteiger partial charge in [0.1, 0.15) is 0 Å². The van der Waals surface area contributed by atoms with E-state index in [4.69, 9.17) is 11.6 Å². The molecule has 1 aromatic carbocycles. The predicted molar refractivity (Wildman–Crippen MR) is 88.7 cm³/mol. The molecule has 1 N–H and O–H groups in total. The van der Waals surface area contributed by atoms with Crippen molar-refractivity contribution in [1.82, 2.24) is 15.1 Å². The standard InChI is InChI=1S/C17H18ClN3O2/c18-14-6-2-1-4-12(14)10-16(22)19-8-9-21-17(23)11-13-5-3-7-15(13)20-21/h1-2,4,6,11H,3,5,7-10H2,(H,19,22). The van der Waals surface area contributed by atoms with E-state index in [1.165, 1.54) is 4.68 Å². The first-order valence-electron chi connectivity index (χ1n) is 7.73. The SMILES string of the molecule is O=C(Cc1ccccc1Cl)NCCn1nc2c(cc1=O)CCC2. The molecular weight excluding hydrogens is 314 g/mol. The number of nitrogens with zero attached hydrogens (tertiary/aromatic N) is 2. The van der Waals surface area contributed by atoms with Crippen LogP contribution in [0, 0.1) is 0 Å². The first-order valence-corrected chi connectivity index (χ1v) is 8.11. The van der Waals surface area contributed by atoms with Gasteiger partial charge in [-0.25, -0.2) is 4.68 Å². The Labute approximate surface area is 139 Å². The number of hydrogen-bond donors (Lipinski definition) is 1. The van der Waals surface area contributed by atoms with Gasteiger partial charge in [-0.3, -0.25) is 9.59 Å². The number of benzene rings is 1. The van der Waals surface area contributed by atoms with Crippen LogP contribution >= 0.6 is 11.6 Å². The molecule has 0 unspecified atom stereocenters. The number of carbonyl (C=O) groups is 1. The molecule has 23 heavy (non-hydrogen) atoms. The number of aryl methyl sites for hydroxylation is 2. The van der Waals surface area contributed by atoms with E-state index in [0.29, 0.717) is 18.1 Å². The number of aromatic nitrogens is 2. The number of halogens is 1. The number of nitrogens with one attached hydrogen (secondary N) is 1. The highest BCUT2D eigenvalue weighted by Gasteiger charge is 2.14. The second kappa shape index (κ2) is 6.96. The minimum absolute atomic E-state index is 0.106. The van der Waals surface area contributed by atoms with Crippen molar-refractivity contribution in [3.05, 3.63) is 62.5 Å². The van der Waals surface area contributed by atoms with Crippen LogP contribution in [0.15, 0.2) is 35.1 Å². The van der Waals surface area contributed by atoms with Crippen LogP contribution in [0.2, 0.25) is 5.02 Å². The summed E-state index contributed by atoms with van der Waals surface area (Å²) in [4.78, 5) is 23.9. The highest BCUT2D eigenvalue weighted by atomic mass is 35.5. The second-order valence-electron chi connectivity index (χ2n) is 5.65. The van der Waals surface area contributed by atoms with E-state index in [1.54, 1.807) is 12.1 Å². The van der Waals surface area contributed by atoms with Crippen LogP contribution in [-0.4, -0.2) is 22.2 Å². The van der Waals surface area contributed by atoms with Gasteiger partial charge in [-0.15, -0.1) is 0 Å². The molecule has 1 amide bonds. The van der Waals surface area contributed by atoms with Crippen molar-refractivity contribution in [2.75, 3.05) is 6.54 Å². The summed E-state index contributed by atoms with van der Waals surface area (Å²) < 4.78 is 1.43. The lowest BCUT2D eigenvalue weighted by Gasteiger charge is -2.09. The van der Waals surface area contributed by atoms with Crippen LogP contribution in [0.25, 0.3) is 0 Å². The van der Waals surface area contributed by atoms with Crippen molar-refractivity contribution < 1.29 is 4.79 Å². The lowest BCUT2D eigenvalue weighted by Crippen LogP contribution is -2.33. The smallest absolute Gasteiger partial charge is 0.267 e. The maximum atomic E-state index is 12.0. The largest absolute Gasteiger partial charge is 0.354 e. The highest BCUT2D eigenvalue weighted by Crippen LogP contribution is 2.17. The molecule has 0 atom stereocenters. The number of hydrogen-bond acceptors (Lipinski definition) is 3. The van der Waals surface area contributed by atoms with Crippen molar-refractivity contribution in [3.63, 3.8) is 0 Å². The first-order chi connectivity index (χ1) is 11.1. The average Bonchev–Trinajstić information content (AvgIpc) is 2.97. The summed E-state index contributed by atoms with van der Waals surface area (Å²) >= 11 is 6.04. The Hall–Kier alpha value is -2.14. The number of fused-ring (bicyclic) bond motifs is 1. The van der Waals surface area contributed by atoms with Gasteiger partial charge in [0.05, 0.1) is 18.7 Å². The summed E-state index contributed by atoms with van der Waals surface area (Å²) in [7, 11) is 0. The Morgan fingerprint density at radius 3 is 2.96 bits per heavy atom. The van der Waals surface area contributed by atoms with Gasteiger partial charge >= 0.3 is 0 Å². The van der Waals surface area contributed by atoms with Crippen molar-refractivity contribution in [3.8, 4) is 0 Å². The fourth-order valence-corrected chi connectivity index (χ4v) is 2.98. The van der Waals surface area contributed by atoms with E-state index in [1.807, 2.05) is 18.2 Å². The van der Waals surface area contributed by atoms with Gasteiger partial charge in [0.2, 0.25) is 5.91 Å². The summed E-state index contributed by atoms with van der Waals surface area (Å²) in [5.74, 6) is -0.118. The molecule has 1 aliphatic carbocycles. The lowest BCUT2D eigenvalue weighted by molar-refractivity contribution is -0.120. The fraction of sp³-hybridized carbons (Fsp3) is 0.353. The zero-order valence-electron chi connectivity index (χ0n) is 12.7. The van der Waals surface area contributed by atoms with Gasteiger partial charge in [-0.2, -0.15) is 5.10 Å². The van der Waals surface area contributed by atoms with E-state index < -0.39 is 0 Å². The average molecular weight is 332 g/mol. The molecule has 5 nitrogen and oxygen atoms in total. The van der Waals surface area contributed by atoms with Gasteiger partial charge in [0.15, 0.2) is 0 Å². The van der Waals surface area contributed by atoms with E-state index in [2.05, 4.69) is 10.4 Å². The minimum atomic E-state index is -0.118. The predicted octanol–water partition coefficient (Wildman–Crippen LogP) is 1.74. The Bertz CT molecular complexity index is 786. The van der Waals surface area contributed by atoms with Crippen LogP contribution in [0.1, 0.15) is 23.2 Å². The molecule has 0 radical (unpaired) electrons. The fourth-order valence-electron chi connectivity index (χ4n) is 2.78. The maximum Gasteiger partial charge on any atom is 0.267 e. The third kappa shape index (κ3) is 3.79. The minimum Gasteiger partial charge on any atom is -0.354 e. The molecule has 3 rings (SSSR count). The van der Waals surface area contributed by atoms with Crippen LogP contribution in [0.3, 0.4) is 0 Å². The van der Waals surface area contributed by atoms with Crippen molar-refractivity contribution >= 4 is 17.5 Å². The van der Waals surface area contributed by atoms with E-state index in [0.717, 1.165) is 36.1 Å². The monoisotopic (exact) mass is 331 g/mol. The Kier molecular flexibility index (Phi) is 4.76. The van der Waals surface area contributed by atoms with Gasteiger partial charge < -0.3 is 5.32 Å². The summed E-state index contributed by atoms with van der Waals surface area (Å²) in [6, 6.07) is 8.94. The molecule has 1 aliphatic rings. The van der Waals surface area contributed by atoms with Crippen molar-refractivity contribution in [2.24, 2.45) is 0 Å². The molecule has 0 fully saturated rings. The van der Waals surface area contributed by atoms with Gasteiger partial charge in [0.25, 0.3) is 5.56 Å². The molecule has 1 heterocycles. The van der Waals surface area contributed by atoms with Crippen LogP contribution in [-0.2, 0) is 30.6 Å². The Balaban J connectivity index is 1.55. The molecule has 120 valence electrons. The van der Waals surface area contributed by atoms with Crippen LogP contribution in [0.5, 0.6) is 0 Å². The Morgan fingerprint density at radius 1 is 1.30 bits per heavy atom. The molecular formula is C17H18ClN3O2. The quantitative estimate of drug-likeness (QED) is 0.907. The van der Waals surface area contributed by atoms with Crippen LogP contribution < -0.4 is 10.9 Å². The van der Waals surface area contributed by atoms with Gasteiger partial charge in [-0.1, -0.05) is 29.8 Å². The molecule has 0 saturated heterocycles. The van der Waals surface area contributed by atoms with Gasteiger partial charge in [0, 0.05) is 17.6 Å². The molecule has 0 aliphatic heterocycles. The second-order valence-corrected chi connectivity index (χ2v) is 6.06. The summed E-state index contributed by atoms with van der Waals surface area (Å²) in [6.07, 6.45) is 3.15. The van der Waals surface area contributed by atoms with Crippen LogP contribution in [0.4, 0.5) is 0 Å². The normalized spacial score (nSPS) is 12.9. The maximum absolute atomic E-state index is 12.0. The van der Waals surface area contributed by atoms with E-state index in [-0.39, 0.29) is 17.9 Å². The molecule has 6 heteroatoms. The third-order valence-electron chi connectivity index (χ3n) is 3.98. The number of rotatable bonds is 5. The molecule has 2 aromatic rings. The first kappa shape index (κ1) is 15.7. The van der Waals surface area contributed by atoms with Crippen molar-refractivity contribution in [1.29, 1.82) is 0 Å². The molecule has 1 aromatic heterocycles. The summed E-state index contributed by atoms with van der Waals surface area (Å²) in [5.41, 5.74) is 2.76. The summed E-state index contributed by atoms with van der Waals surface area (Å²) in [6.45, 7) is 0.745. The van der Waals surface area contributed by atoms with E-state index >= 15 is 0 Å². The van der Waals surface area contributed by atoms with Crippen molar-refractivity contribution in [2.45, 2.75) is 32.2 Å². The topological polar surface area (TPSA) is 64.0 Å². The van der Waals surface area contributed by atoms with E-state index in [9.17, 15) is 9.59 Å². The molecule has 0 bridgehead atoms. The number of amides is 1. The summed E-state index contributed by atoms with van der Waals surface area (Å²) in [5, 5.41) is 7.77. The Morgan fingerprint density at radius 2 is 2.13 bits per heavy atom. The zero-order valence-corrected chi connectivity index (χ0v) is 13.5. The number of carbonyl (C=O) groups excluding carboxylic acids is 1. The van der Waals surface area contributed by atoms with Gasteiger partial charge in [-0.05, 0) is 36.5 Å².